The Bertz CT molecular complexity index is 536. The molecule has 0 spiro atoms. The molecule has 1 saturated heterocycles. The van der Waals surface area contributed by atoms with Crippen LogP contribution in [0.2, 0.25) is 0 Å². The number of phenols is 1. The molecule has 5 heteroatoms. The summed E-state index contributed by atoms with van der Waals surface area (Å²) in [5.41, 5.74) is 0.536. The number of carbonyl (C=O) groups is 1. The third kappa shape index (κ3) is 4.06. The van der Waals surface area contributed by atoms with E-state index in [0.717, 1.165) is 18.4 Å². The van der Waals surface area contributed by atoms with Gasteiger partial charge in [0.2, 0.25) is 0 Å². The molecule has 1 heterocycles. The molecule has 1 aliphatic rings. The minimum absolute atomic E-state index is 0.181. The molecule has 0 radical (unpaired) electrons. The zero-order valence-electron chi connectivity index (χ0n) is 13.8. The van der Waals surface area contributed by atoms with Crippen molar-refractivity contribution in [3.05, 3.63) is 23.8 Å². The molecule has 1 atom stereocenters. The average molecular weight is 307 g/mol. The highest BCUT2D eigenvalue weighted by atomic mass is 16.6. The van der Waals surface area contributed by atoms with Gasteiger partial charge in [0.1, 0.15) is 17.1 Å². The Labute approximate surface area is 131 Å². The van der Waals surface area contributed by atoms with Crippen LogP contribution in [0.3, 0.4) is 0 Å². The molecule has 1 aromatic rings. The predicted octanol–water partition coefficient (Wildman–Crippen LogP) is 3.52. The highest BCUT2D eigenvalue weighted by Crippen LogP contribution is 2.35. The summed E-state index contributed by atoms with van der Waals surface area (Å²) >= 11 is 0. The molecule has 122 valence electrons. The summed E-state index contributed by atoms with van der Waals surface area (Å²) in [7, 11) is 1.59. The predicted molar refractivity (Wildman–Crippen MR) is 84.4 cm³/mol. The summed E-state index contributed by atoms with van der Waals surface area (Å²) in [5, 5.41) is 9.57. The van der Waals surface area contributed by atoms with Crippen LogP contribution in [0.25, 0.3) is 0 Å². The van der Waals surface area contributed by atoms with Crippen LogP contribution in [0.1, 0.15) is 45.1 Å². The zero-order chi connectivity index (χ0) is 16.3. The number of carbonyl (C=O) groups excluding carboxylic acids is 1. The van der Waals surface area contributed by atoms with Gasteiger partial charge in [0, 0.05) is 25.1 Å². The van der Waals surface area contributed by atoms with E-state index in [4.69, 9.17) is 9.47 Å². The second-order valence-electron chi connectivity index (χ2n) is 6.69. The normalized spacial score (nSPS) is 18.9. The second kappa shape index (κ2) is 6.46. The maximum atomic E-state index is 12.2. The van der Waals surface area contributed by atoms with Crippen molar-refractivity contribution in [3.63, 3.8) is 0 Å². The van der Waals surface area contributed by atoms with Gasteiger partial charge >= 0.3 is 6.09 Å². The number of hydrogen-bond acceptors (Lipinski definition) is 4. The highest BCUT2D eigenvalue weighted by Gasteiger charge is 2.29. The summed E-state index contributed by atoms with van der Waals surface area (Å²) < 4.78 is 10.8. The molecule has 22 heavy (non-hydrogen) atoms. The molecule has 1 aromatic carbocycles. The van der Waals surface area contributed by atoms with Gasteiger partial charge < -0.3 is 19.5 Å². The van der Waals surface area contributed by atoms with E-state index < -0.39 is 5.60 Å². The van der Waals surface area contributed by atoms with Crippen molar-refractivity contribution in [3.8, 4) is 11.5 Å². The number of piperidine rings is 1. The molecule has 0 aromatic heterocycles. The van der Waals surface area contributed by atoms with Crippen LogP contribution in [0.5, 0.6) is 11.5 Å². The van der Waals surface area contributed by atoms with Crippen molar-refractivity contribution in [1.82, 2.24) is 4.90 Å². The molecule has 0 aliphatic carbocycles. The first kappa shape index (κ1) is 16.5. The Kier molecular flexibility index (Phi) is 4.84. The maximum absolute atomic E-state index is 12.2. The minimum atomic E-state index is -0.486. The van der Waals surface area contributed by atoms with Crippen molar-refractivity contribution in [1.29, 1.82) is 0 Å². The maximum Gasteiger partial charge on any atom is 0.410 e. The van der Waals surface area contributed by atoms with Crippen molar-refractivity contribution in [2.45, 2.75) is 45.1 Å². The topological polar surface area (TPSA) is 59.0 Å². The number of phenolic OH excluding ortho intramolecular Hbond substituents is 1. The van der Waals surface area contributed by atoms with E-state index in [0.29, 0.717) is 18.8 Å². The first-order chi connectivity index (χ1) is 10.3. The largest absolute Gasteiger partial charge is 0.508 e. The van der Waals surface area contributed by atoms with Crippen LogP contribution in [0, 0.1) is 0 Å². The summed E-state index contributed by atoms with van der Waals surface area (Å²) in [6, 6.07) is 5.14. The number of benzene rings is 1. The number of ether oxygens (including phenoxy) is 2. The Morgan fingerprint density at radius 2 is 2.09 bits per heavy atom. The van der Waals surface area contributed by atoms with Gasteiger partial charge in [-0.05, 0) is 45.2 Å². The lowest BCUT2D eigenvalue weighted by atomic mass is 9.90. The second-order valence-corrected chi connectivity index (χ2v) is 6.69. The number of nitrogens with zero attached hydrogens (tertiary/aromatic N) is 1. The molecule has 0 bridgehead atoms. The van der Waals surface area contributed by atoms with E-state index in [2.05, 4.69) is 0 Å². The molecule has 1 fully saturated rings. The fourth-order valence-corrected chi connectivity index (χ4v) is 2.76. The number of rotatable bonds is 2. The summed E-state index contributed by atoms with van der Waals surface area (Å²) in [4.78, 5) is 14.0. The van der Waals surface area contributed by atoms with Crippen LogP contribution < -0.4 is 4.74 Å². The highest BCUT2D eigenvalue weighted by molar-refractivity contribution is 5.68. The monoisotopic (exact) mass is 307 g/mol. The van der Waals surface area contributed by atoms with Crippen LogP contribution in [0.4, 0.5) is 4.79 Å². The zero-order valence-corrected chi connectivity index (χ0v) is 13.8. The Balaban J connectivity index is 2.12. The van der Waals surface area contributed by atoms with Gasteiger partial charge in [-0.15, -0.1) is 0 Å². The first-order valence-corrected chi connectivity index (χ1v) is 7.65. The number of likely N-dealkylation sites (tertiary alicyclic amines) is 1. The average Bonchev–Trinajstić information content (AvgIpc) is 2.45. The summed E-state index contributed by atoms with van der Waals surface area (Å²) in [5.74, 6) is 1.04. The van der Waals surface area contributed by atoms with Crippen molar-refractivity contribution in [2.75, 3.05) is 20.2 Å². The van der Waals surface area contributed by atoms with E-state index in [1.165, 1.54) is 0 Å². The fourth-order valence-electron chi connectivity index (χ4n) is 2.76. The van der Waals surface area contributed by atoms with Crippen molar-refractivity contribution in [2.24, 2.45) is 0 Å². The van der Waals surface area contributed by atoms with E-state index in [-0.39, 0.29) is 17.8 Å². The third-order valence-corrected chi connectivity index (χ3v) is 3.73. The minimum Gasteiger partial charge on any atom is -0.508 e. The quantitative estimate of drug-likeness (QED) is 0.908. The molecule has 1 aliphatic heterocycles. The molecule has 2 rings (SSSR count). The van der Waals surface area contributed by atoms with E-state index >= 15 is 0 Å². The summed E-state index contributed by atoms with van der Waals surface area (Å²) in [6.45, 7) is 6.93. The lowest BCUT2D eigenvalue weighted by Crippen LogP contribution is -2.42. The van der Waals surface area contributed by atoms with E-state index in [9.17, 15) is 9.90 Å². The number of aromatic hydroxyl groups is 1. The number of amides is 1. The molecule has 1 unspecified atom stereocenters. The number of hydrogen-bond donors (Lipinski definition) is 1. The van der Waals surface area contributed by atoms with E-state index in [1.807, 2.05) is 26.8 Å². The molecular weight excluding hydrogens is 282 g/mol. The SMILES string of the molecule is COc1cc(O)ccc1C1CCCN(C(=O)OC(C)(C)C)C1. The molecule has 5 nitrogen and oxygen atoms in total. The van der Waals surface area contributed by atoms with Crippen LogP contribution in [-0.4, -0.2) is 41.9 Å². The Morgan fingerprint density at radius 3 is 2.73 bits per heavy atom. The van der Waals surface area contributed by atoms with E-state index in [1.54, 1.807) is 24.1 Å². The van der Waals surface area contributed by atoms with Crippen LogP contribution >= 0.6 is 0 Å². The third-order valence-electron chi connectivity index (χ3n) is 3.73. The lowest BCUT2D eigenvalue weighted by Gasteiger charge is -2.34. The smallest absolute Gasteiger partial charge is 0.410 e. The first-order valence-electron chi connectivity index (χ1n) is 7.65. The van der Waals surface area contributed by atoms with Gasteiger partial charge in [-0.25, -0.2) is 4.79 Å². The van der Waals surface area contributed by atoms with Gasteiger partial charge in [-0.3, -0.25) is 0 Å². The van der Waals surface area contributed by atoms with Crippen molar-refractivity contribution >= 4 is 6.09 Å². The van der Waals surface area contributed by atoms with Crippen LogP contribution in [0.15, 0.2) is 18.2 Å². The van der Waals surface area contributed by atoms with Gasteiger partial charge in [-0.2, -0.15) is 0 Å². The summed E-state index contributed by atoms with van der Waals surface area (Å²) in [6.07, 6.45) is 1.64. The van der Waals surface area contributed by atoms with Gasteiger partial charge in [0.25, 0.3) is 0 Å². The lowest BCUT2D eigenvalue weighted by molar-refractivity contribution is 0.0197. The van der Waals surface area contributed by atoms with Gasteiger partial charge in [-0.1, -0.05) is 6.07 Å². The standard InChI is InChI=1S/C17H25NO4/c1-17(2,3)22-16(20)18-9-5-6-12(11-18)14-8-7-13(19)10-15(14)21-4/h7-8,10,12,19H,5-6,9,11H2,1-4H3. The molecule has 1 amide bonds. The van der Waals surface area contributed by atoms with Gasteiger partial charge in [0.05, 0.1) is 7.11 Å². The van der Waals surface area contributed by atoms with Gasteiger partial charge in [0.15, 0.2) is 0 Å². The molecular formula is C17H25NO4. The van der Waals surface area contributed by atoms with Crippen molar-refractivity contribution < 1.29 is 19.4 Å². The number of methoxy groups -OCH3 is 1. The Hall–Kier alpha value is -1.91. The molecule has 1 N–H and O–H groups in total. The Morgan fingerprint density at radius 1 is 1.36 bits per heavy atom. The van der Waals surface area contributed by atoms with Crippen LogP contribution in [-0.2, 0) is 4.74 Å². The molecule has 0 saturated carbocycles. The fraction of sp³-hybridized carbons (Fsp3) is 0.588.